The number of fused-ring (bicyclic) bond motifs is 1. The van der Waals surface area contributed by atoms with Gasteiger partial charge in [-0.25, -0.2) is 4.79 Å². The second-order valence-corrected chi connectivity index (χ2v) is 5.86. The molecule has 2 fully saturated rings. The summed E-state index contributed by atoms with van der Waals surface area (Å²) < 4.78 is 6.99. The average molecular weight is 317 g/mol. The highest BCUT2D eigenvalue weighted by Crippen LogP contribution is 2.19. The molecule has 0 radical (unpaired) electrons. The van der Waals surface area contributed by atoms with Crippen LogP contribution in [0.15, 0.2) is 12.1 Å². The molecule has 0 aromatic carbocycles. The smallest absolute Gasteiger partial charge is 0.317 e. The summed E-state index contributed by atoms with van der Waals surface area (Å²) in [6.07, 6.45) is 0. The van der Waals surface area contributed by atoms with E-state index in [0.717, 1.165) is 30.4 Å². The number of urea groups is 1. The van der Waals surface area contributed by atoms with Crippen molar-refractivity contribution < 1.29 is 9.53 Å². The Labute approximate surface area is 133 Å². The van der Waals surface area contributed by atoms with Crippen LogP contribution in [0.2, 0.25) is 0 Å². The summed E-state index contributed by atoms with van der Waals surface area (Å²) in [6.45, 7) is 5.95. The Morgan fingerprint density at radius 2 is 2.04 bits per heavy atom. The molecular weight excluding hydrogens is 298 g/mol. The summed E-state index contributed by atoms with van der Waals surface area (Å²) in [5.41, 5.74) is 0.740. The predicted octanol–water partition coefficient (Wildman–Crippen LogP) is -0.337. The molecule has 0 atom stereocenters. The molecule has 9 heteroatoms. The van der Waals surface area contributed by atoms with E-state index < -0.39 is 0 Å². The molecule has 0 unspecified atom stereocenters. The molecule has 0 bridgehead atoms. The molecule has 2 saturated heterocycles. The summed E-state index contributed by atoms with van der Waals surface area (Å²) in [5, 5.41) is 15.6. The van der Waals surface area contributed by atoms with E-state index in [1.807, 2.05) is 19.1 Å². The van der Waals surface area contributed by atoms with Crippen LogP contribution in [0, 0.1) is 6.92 Å². The Bertz CT molecular complexity index is 719. The van der Waals surface area contributed by atoms with Gasteiger partial charge in [-0.3, -0.25) is 0 Å². The minimum absolute atomic E-state index is 0.00369. The van der Waals surface area contributed by atoms with Gasteiger partial charge in [0.2, 0.25) is 0 Å². The number of morpholine rings is 1. The Balaban J connectivity index is 1.35. The SMILES string of the molecule is Cc1nnc2ccc(N3CC(NC(=O)N4CCOCC4)C3)nn12. The van der Waals surface area contributed by atoms with Crippen molar-refractivity contribution in [3.05, 3.63) is 18.0 Å². The first-order chi connectivity index (χ1) is 11.2. The third-order valence-electron chi connectivity index (χ3n) is 4.24. The van der Waals surface area contributed by atoms with Crippen molar-refractivity contribution in [2.75, 3.05) is 44.3 Å². The van der Waals surface area contributed by atoms with E-state index in [9.17, 15) is 4.79 Å². The van der Waals surface area contributed by atoms with Crippen molar-refractivity contribution in [1.29, 1.82) is 0 Å². The highest BCUT2D eigenvalue weighted by Gasteiger charge is 2.31. The number of hydrogen-bond donors (Lipinski definition) is 1. The van der Waals surface area contributed by atoms with Crippen molar-refractivity contribution in [2.24, 2.45) is 0 Å². The molecule has 2 aromatic heterocycles. The van der Waals surface area contributed by atoms with Crippen LogP contribution in [0.1, 0.15) is 5.82 Å². The lowest BCUT2D eigenvalue weighted by atomic mass is 10.1. The third kappa shape index (κ3) is 2.67. The zero-order chi connectivity index (χ0) is 15.8. The number of rotatable bonds is 2. The average Bonchev–Trinajstić information content (AvgIpc) is 2.92. The molecule has 2 aliphatic rings. The van der Waals surface area contributed by atoms with E-state index in [2.05, 4.69) is 25.5 Å². The summed E-state index contributed by atoms with van der Waals surface area (Å²) in [5.74, 6) is 1.64. The summed E-state index contributed by atoms with van der Waals surface area (Å²) >= 11 is 0. The predicted molar refractivity (Wildman–Crippen MR) is 82.4 cm³/mol. The Morgan fingerprint density at radius 3 is 2.83 bits per heavy atom. The number of nitrogens with one attached hydrogen (secondary N) is 1. The van der Waals surface area contributed by atoms with Gasteiger partial charge in [0.15, 0.2) is 11.5 Å². The van der Waals surface area contributed by atoms with Gasteiger partial charge in [-0.1, -0.05) is 0 Å². The molecule has 4 rings (SSSR count). The molecule has 23 heavy (non-hydrogen) atoms. The zero-order valence-electron chi connectivity index (χ0n) is 13.0. The van der Waals surface area contributed by atoms with Crippen LogP contribution in [-0.4, -0.2) is 76.2 Å². The van der Waals surface area contributed by atoms with Crippen LogP contribution in [0.4, 0.5) is 10.6 Å². The van der Waals surface area contributed by atoms with Crippen molar-refractivity contribution in [3.8, 4) is 0 Å². The number of hydrogen-bond acceptors (Lipinski definition) is 6. The standard InChI is InChI=1S/C14H19N7O2/c1-10-16-17-12-2-3-13(18-21(10)12)20-8-11(9-20)15-14(22)19-4-6-23-7-5-19/h2-3,11H,4-9H2,1H3,(H,15,22). The lowest BCUT2D eigenvalue weighted by Crippen LogP contribution is -2.62. The maximum absolute atomic E-state index is 12.1. The molecule has 0 saturated carbocycles. The quantitative estimate of drug-likeness (QED) is 0.815. The summed E-state index contributed by atoms with van der Waals surface area (Å²) in [4.78, 5) is 16.1. The topological polar surface area (TPSA) is 87.9 Å². The molecular formula is C14H19N7O2. The number of carbonyl (C=O) groups excluding carboxylic acids is 1. The first-order valence-corrected chi connectivity index (χ1v) is 7.78. The highest BCUT2D eigenvalue weighted by molar-refractivity contribution is 5.75. The van der Waals surface area contributed by atoms with E-state index in [-0.39, 0.29) is 12.1 Å². The Morgan fingerprint density at radius 1 is 1.26 bits per heavy atom. The fourth-order valence-electron chi connectivity index (χ4n) is 2.84. The third-order valence-corrected chi connectivity index (χ3v) is 4.24. The number of nitrogens with zero attached hydrogens (tertiary/aromatic N) is 6. The van der Waals surface area contributed by atoms with Crippen LogP contribution in [0.3, 0.4) is 0 Å². The number of carbonyl (C=O) groups is 1. The first kappa shape index (κ1) is 14.2. The minimum atomic E-state index is -0.00369. The van der Waals surface area contributed by atoms with Gasteiger partial charge in [0.25, 0.3) is 0 Å². The molecule has 0 spiro atoms. The molecule has 2 amide bonds. The molecule has 122 valence electrons. The molecule has 4 heterocycles. The second-order valence-electron chi connectivity index (χ2n) is 5.86. The van der Waals surface area contributed by atoms with Crippen molar-refractivity contribution in [2.45, 2.75) is 13.0 Å². The lowest BCUT2D eigenvalue weighted by molar-refractivity contribution is 0.0522. The van der Waals surface area contributed by atoms with E-state index >= 15 is 0 Å². The first-order valence-electron chi connectivity index (χ1n) is 7.78. The van der Waals surface area contributed by atoms with Crippen LogP contribution < -0.4 is 10.2 Å². The van der Waals surface area contributed by atoms with Crippen molar-refractivity contribution >= 4 is 17.5 Å². The number of ether oxygens (including phenoxy) is 1. The fourth-order valence-corrected chi connectivity index (χ4v) is 2.84. The maximum atomic E-state index is 12.1. The molecule has 0 aliphatic carbocycles. The van der Waals surface area contributed by atoms with Gasteiger partial charge >= 0.3 is 6.03 Å². The fraction of sp³-hybridized carbons (Fsp3) is 0.571. The van der Waals surface area contributed by atoms with Crippen LogP contribution in [-0.2, 0) is 4.74 Å². The van der Waals surface area contributed by atoms with Crippen LogP contribution in [0.25, 0.3) is 5.65 Å². The molecule has 9 nitrogen and oxygen atoms in total. The monoisotopic (exact) mass is 317 g/mol. The van der Waals surface area contributed by atoms with Gasteiger partial charge in [0, 0.05) is 26.2 Å². The van der Waals surface area contributed by atoms with E-state index in [4.69, 9.17) is 4.74 Å². The maximum Gasteiger partial charge on any atom is 0.317 e. The van der Waals surface area contributed by atoms with Crippen molar-refractivity contribution in [1.82, 2.24) is 30.0 Å². The lowest BCUT2D eigenvalue weighted by Gasteiger charge is -2.41. The van der Waals surface area contributed by atoms with Crippen LogP contribution >= 0.6 is 0 Å². The van der Waals surface area contributed by atoms with Gasteiger partial charge in [0.05, 0.1) is 19.3 Å². The number of aryl methyl sites for hydroxylation is 1. The van der Waals surface area contributed by atoms with E-state index in [0.29, 0.717) is 26.3 Å². The summed E-state index contributed by atoms with van der Waals surface area (Å²) in [7, 11) is 0. The van der Waals surface area contributed by atoms with Crippen LogP contribution in [0.5, 0.6) is 0 Å². The Hall–Kier alpha value is -2.42. The largest absolute Gasteiger partial charge is 0.378 e. The zero-order valence-corrected chi connectivity index (χ0v) is 13.0. The van der Waals surface area contributed by atoms with Gasteiger partial charge in [-0.05, 0) is 19.1 Å². The van der Waals surface area contributed by atoms with Gasteiger partial charge in [-0.15, -0.1) is 15.3 Å². The van der Waals surface area contributed by atoms with Crippen molar-refractivity contribution in [3.63, 3.8) is 0 Å². The minimum Gasteiger partial charge on any atom is -0.378 e. The van der Waals surface area contributed by atoms with E-state index in [1.165, 1.54) is 0 Å². The number of amides is 2. The molecule has 2 aromatic rings. The van der Waals surface area contributed by atoms with Gasteiger partial charge in [0.1, 0.15) is 5.82 Å². The highest BCUT2D eigenvalue weighted by atomic mass is 16.5. The number of anilines is 1. The van der Waals surface area contributed by atoms with Gasteiger partial charge < -0.3 is 19.9 Å². The second kappa shape index (κ2) is 5.65. The molecule has 1 N–H and O–H groups in total. The Kier molecular flexibility index (Phi) is 3.49. The van der Waals surface area contributed by atoms with E-state index in [1.54, 1.807) is 9.42 Å². The summed E-state index contributed by atoms with van der Waals surface area (Å²) in [6, 6.07) is 3.99. The molecule has 2 aliphatic heterocycles. The van der Waals surface area contributed by atoms with Gasteiger partial charge in [-0.2, -0.15) is 4.52 Å². The normalized spacial score (nSPS) is 19.0. The number of aromatic nitrogens is 4.